The second-order valence-corrected chi connectivity index (χ2v) is 14.3. The number of aliphatic hydroxyl groups is 2. The third-order valence-corrected chi connectivity index (χ3v) is 11.1. The molecule has 34 heavy (non-hydrogen) atoms. The minimum atomic E-state index is -0.160. The first kappa shape index (κ1) is 27.0. The highest BCUT2D eigenvalue weighted by molar-refractivity contribution is 4.97. The molecule has 4 fully saturated rings. The number of hydrogen-bond donors (Lipinski definition) is 2. The van der Waals surface area contributed by atoms with Gasteiger partial charge in [0, 0.05) is 0 Å². The van der Waals surface area contributed by atoms with Gasteiger partial charge in [0.25, 0.3) is 0 Å². The molecule has 0 heterocycles. The first-order chi connectivity index (χ1) is 16.3. The first-order valence-electron chi connectivity index (χ1n) is 15.7. The van der Waals surface area contributed by atoms with Crippen LogP contribution in [0.15, 0.2) is 0 Å². The molecule has 2 nitrogen and oxygen atoms in total. The highest BCUT2D eigenvalue weighted by Gasteiger charge is 2.48. The molecule has 198 valence electrons. The number of aliphatic hydroxyl groups excluding tert-OH is 2. The van der Waals surface area contributed by atoms with Crippen LogP contribution in [-0.2, 0) is 0 Å². The third-order valence-electron chi connectivity index (χ3n) is 11.1. The van der Waals surface area contributed by atoms with Crippen molar-refractivity contribution in [1.29, 1.82) is 0 Å². The number of hydrogen-bond acceptors (Lipinski definition) is 2. The van der Waals surface area contributed by atoms with Crippen LogP contribution in [0.1, 0.15) is 130 Å². The molecule has 0 spiro atoms. The van der Waals surface area contributed by atoms with Gasteiger partial charge in [-0.05, 0) is 97.7 Å². The molecule has 0 aliphatic heterocycles. The monoisotopic (exact) mass is 474 g/mol. The van der Waals surface area contributed by atoms with E-state index in [1.54, 1.807) is 0 Å². The maximum atomic E-state index is 11.8. The van der Waals surface area contributed by atoms with E-state index < -0.39 is 0 Å². The van der Waals surface area contributed by atoms with Crippen LogP contribution < -0.4 is 0 Å². The predicted molar refractivity (Wildman–Crippen MR) is 143 cm³/mol. The van der Waals surface area contributed by atoms with E-state index in [2.05, 4.69) is 27.7 Å². The van der Waals surface area contributed by atoms with Gasteiger partial charge in [0.2, 0.25) is 0 Å². The van der Waals surface area contributed by atoms with Crippen molar-refractivity contribution in [2.75, 3.05) is 0 Å². The van der Waals surface area contributed by atoms with Crippen molar-refractivity contribution in [2.24, 2.45) is 59.2 Å². The Kier molecular flexibility index (Phi) is 9.87. The fourth-order valence-electron chi connectivity index (χ4n) is 9.66. The van der Waals surface area contributed by atoms with Crippen LogP contribution in [0, 0.1) is 59.2 Å². The Labute approximate surface area is 212 Å². The average molecular weight is 475 g/mol. The van der Waals surface area contributed by atoms with Crippen molar-refractivity contribution >= 4 is 0 Å². The van der Waals surface area contributed by atoms with Crippen molar-refractivity contribution < 1.29 is 10.2 Å². The zero-order valence-electron chi connectivity index (χ0n) is 23.1. The first-order valence-corrected chi connectivity index (χ1v) is 15.7. The van der Waals surface area contributed by atoms with Gasteiger partial charge in [-0.3, -0.25) is 0 Å². The summed E-state index contributed by atoms with van der Waals surface area (Å²) in [6.45, 7) is 9.65. The molecule has 4 aliphatic rings. The van der Waals surface area contributed by atoms with Crippen molar-refractivity contribution in [3.05, 3.63) is 0 Å². The summed E-state index contributed by atoms with van der Waals surface area (Å²) in [5.74, 6) is 5.80. The SMILES string of the molecule is CC1CC(CC2CCCCC2)C(O)C(C(C(C)C)C2CC(C)CC(CC3CCCCC3)C2O)C1. The summed E-state index contributed by atoms with van der Waals surface area (Å²) in [5.41, 5.74) is 0. The smallest absolute Gasteiger partial charge is 0.0599 e. The van der Waals surface area contributed by atoms with E-state index in [4.69, 9.17) is 0 Å². The molecule has 0 aromatic rings. The van der Waals surface area contributed by atoms with Crippen LogP contribution in [-0.4, -0.2) is 22.4 Å². The average Bonchev–Trinajstić information content (AvgIpc) is 2.81. The van der Waals surface area contributed by atoms with E-state index >= 15 is 0 Å². The molecule has 2 N–H and O–H groups in total. The molecular weight excluding hydrogens is 416 g/mol. The highest BCUT2D eigenvalue weighted by Crippen LogP contribution is 2.51. The van der Waals surface area contributed by atoms with Crippen molar-refractivity contribution in [3.63, 3.8) is 0 Å². The molecule has 8 unspecified atom stereocenters. The van der Waals surface area contributed by atoms with Gasteiger partial charge in [-0.15, -0.1) is 0 Å². The zero-order valence-corrected chi connectivity index (χ0v) is 23.1. The summed E-state index contributed by atoms with van der Waals surface area (Å²) in [6.07, 6.45) is 20.9. The van der Waals surface area contributed by atoms with Crippen LogP contribution in [0.2, 0.25) is 0 Å². The Hall–Kier alpha value is -0.0800. The van der Waals surface area contributed by atoms with Crippen molar-refractivity contribution in [2.45, 2.75) is 143 Å². The molecule has 0 radical (unpaired) electrons. The molecule has 4 saturated carbocycles. The summed E-state index contributed by atoms with van der Waals surface area (Å²) in [6, 6.07) is 0. The Bertz CT molecular complexity index is 542. The Morgan fingerprint density at radius 3 is 1.32 bits per heavy atom. The fourth-order valence-corrected chi connectivity index (χ4v) is 9.66. The van der Waals surface area contributed by atoms with Gasteiger partial charge in [0.1, 0.15) is 0 Å². The molecule has 8 atom stereocenters. The lowest BCUT2D eigenvalue weighted by Crippen LogP contribution is -2.50. The van der Waals surface area contributed by atoms with E-state index in [1.165, 1.54) is 89.9 Å². The second kappa shape index (κ2) is 12.4. The van der Waals surface area contributed by atoms with Crippen LogP contribution in [0.4, 0.5) is 0 Å². The topological polar surface area (TPSA) is 40.5 Å². The second-order valence-electron chi connectivity index (χ2n) is 14.3. The molecule has 0 aromatic carbocycles. The predicted octanol–water partition coefficient (Wildman–Crippen LogP) is 8.25. The Balaban J connectivity index is 1.48. The van der Waals surface area contributed by atoms with E-state index in [0.29, 0.717) is 47.3 Å². The van der Waals surface area contributed by atoms with Crippen LogP contribution in [0.5, 0.6) is 0 Å². The summed E-state index contributed by atoms with van der Waals surface area (Å²) >= 11 is 0. The summed E-state index contributed by atoms with van der Waals surface area (Å²) < 4.78 is 0. The van der Waals surface area contributed by atoms with E-state index in [9.17, 15) is 10.2 Å². The van der Waals surface area contributed by atoms with Crippen molar-refractivity contribution in [1.82, 2.24) is 0 Å². The van der Waals surface area contributed by atoms with Gasteiger partial charge in [0.15, 0.2) is 0 Å². The van der Waals surface area contributed by atoms with Gasteiger partial charge in [-0.25, -0.2) is 0 Å². The van der Waals surface area contributed by atoms with E-state index in [0.717, 1.165) is 24.7 Å². The Morgan fingerprint density at radius 1 is 0.588 bits per heavy atom. The van der Waals surface area contributed by atoms with Gasteiger partial charge >= 0.3 is 0 Å². The maximum absolute atomic E-state index is 11.8. The fraction of sp³-hybridized carbons (Fsp3) is 1.00. The number of rotatable bonds is 7. The molecular formula is C32H58O2. The quantitative estimate of drug-likeness (QED) is 0.390. The molecule has 2 heteroatoms. The standard InChI is InChI=1S/C32H58O2/c1-21(2)30(28-17-22(3)15-26(31(28)33)19-24-11-7-5-8-12-24)29-18-23(4)16-27(32(29)34)20-25-13-9-6-10-14-25/h21-34H,5-20H2,1-4H3. The van der Waals surface area contributed by atoms with Crippen LogP contribution >= 0.6 is 0 Å². The normalized spacial score (nSPS) is 42.1. The molecule has 4 rings (SSSR count). The van der Waals surface area contributed by atoms with Gasteiger partial charge in [0.05, 0.1) is 12.2 Å². The molecule has 0 aromatic heterocycles. The lowest BCUT2D eigenvalue weighted by atomic mass is 9.57. The van der Waals surface area contributed by atoms with Gasteiger partial charge < -0.3 is 10.2 Å². The minimum Gasteiger partial charge on any atom is -0.393 e. The van der Waals surface area contributed by atoms with E-state index in [1.807, 2.05) is 0 Å². The van der Waals surface area contributed by atoms with Gasteiger partial charge in [-0.2, -0.15) is 0 Å². The van der Waals surface area contributed by atoms with Gasteiger partial charge in [-0.1, -0.05) is 91.9 Å². The molecule has 4 aliphatic carbocycles. The highest BCUT2D eigenvalue weighted by atomic mass is 16.3. The summed E-state index contributed by atoms with van der Waals surface area (Å²) in [4.78, 5) is 0. The lowest BCUT2D eigenvalue weighted by molar-refractivity contribution is -0.104. The Morgan fingerprint density at radius 2 is 0.971 bits per heavy atom. The molecule has 0 bridgehead atoms. The minimum absolute atomic E-state index is 0.160. The summed E-state index contributed by atoms with van der Waals surface area (Å²) in [5, 5.41) is 23.6. The molecule has 0 saturated heterocycles. The van der Waals surface area contributed by atoms with Crippen molar-refractivity contribution in [3.8, 4) is 0 Å². The maximum Gasteiger partial charge on any atom is 0.0599 e. The summed E-state index contributed by atoms with van der Waals surface area (Å²) in [7, 11) is 0. The zero-order chi connectivity index (χ0) is 24.2. The van der Waals surface area contributed by atoms with Crippen LogP contribution in [0.3, 0.4) is 0 Å². The lowest BCUT2D eigenvalue weighted by Gasteiger charge is -2.51. The molecule has 0 amide bonds. The largest absolute Gasteiger partial charge is 0.393 e. The van der Waals surface area contributed by atoms with Crippen LogP contribution in [0.25, 0.3) is 0 Å². The third kappa shape index (κ3) is 6.62. The van der Waals surface area contributed by atoms with E-state index in [-0.39, 0.29) is 12.2 Å².